The molecule has 0 amide bonds. The molecule has 0 aliphatic heterocycles. The van der Waals surface area contributed by atoms with Crippen LogP contribution < -0.4 is 5.73 Å². The molecule has 3 nitrogen and oxygen atoms in total. The Labute approximate surface area is 70.0 Å². The summed E-state index contributed by atoms with van der Waals surface area (Å²) in [6.07, 6.45) is 1.45. The van der Waals surface area contributed by atoms with Gasteiger partial charge in [-0.25, -0.2) is 4.98 Å². The third-order valence-electron chi connectivity index (χ3n) is 1.25. The van der Waals surface area contributed by atoms with Crippen LogP contribution in [0.25, 0.3) is 0 Å². The molecule has 1 heterocycles. The molecule has 0 spiro atoms. The monoisotopic (exact) mass is 168 g/mol. The summed E-state index contributed by atoms with van der Waals surface area (Å²) < 4.78 is 0. The van der Waals surface area contributed by atoms with Gasteiger partial charge in [0.1, 0.15) is 5.82 Å². The van der Waals surface area contributed by atoms with Gasteiger partial charge in [0.2, 0.25) is 0 Å². The quantitative estimate of drug-likeness (QED) is 0.506. The zero-order valence-electron chi connectivity index (χ0n) is 5.82. The predicted octanol–water partition coefficient (Wildman–Crippen LogP) is 0.776. The Balaban J connectivity index is 2.90. The van der Waals surface area contributed by atoms with Gasteiger partial charge in [-0.2, -0.15) is 12.6 Å². The average Bonchev–Trinajstić information content (AvgIpc) is 2.05. The van der Waals surface area contributed by atoms with Gasteiger partial charge >= 0.3 is 0 Å². The Bertz CT molecular complexity index is 258. The van der Waals surface area contributed by atoms with E-state index in [2.05, 4.69) is 17.6 Å². The number of hydrogen-bond acceptors (Lipinski definition) is 4. The Hall–Kier alpha value is -1.03. The van der Waals surface area contributed by atoms with E-state index in [1.807, 2.05) is 0 Å². The van der Waals surface area contributed by atoms with Crippen LogP contribution in [0.2, 0.25) is 0 Å². The van der Waals surface area contributed by atoms with E-state index in [9.17, 15) is 4.79 Å². The molecule has 4 heteroatoms. The number of anilines is 1. The van der Waals surface area contributed by atoms with Gasteiger partial charge < -0.3 is 5.73 Å². The molecule has 1 rings (SSSR count). The lowest BCUT2D eigenvalue weighted by atomic mass is 10.2. The minimum atomic E-state index is -0.0409. The van der Waals surface area contributed by atoms with Crippen molar-refractivity contribution in [3.05, 3.63) is 23.9 Å². The zero-order chi connectivity index (χ0) is 8.27. The standard InChI is InChI=1S/C7H8N2OS/c8-7-2-1-5(3-9-7)6(10)4-11/h1-3,11H,4H2,(H2,8,9). The minimum absolute atomic E-state index is 0.0409. The Kier molecular flexibility index (Phi) is 2.48. The highest BCUT2D eigenvalue weighted by atomic mass is 32.1. The maximum Gasteiger partial charge on any atom is 0.174 e. The van der Waals surface area contributed by atoms with Gasteiger partial charge in [0.15, 0.2) is 5.78 Å². The summed E-state index contributed by atoms with van der Waals surface area (Å²) >= 11 is 3.84. The van der Waals surface area contributed by atoms with Crippen LogP contribution in [-0.4, -0.2) is 16.5 Å². The van der Waals surface area contributed by atoms with Gasteiger partial charge in [-0.3, -0.25) is 4.79 Å². The molecule has 58 valence electrons. The first-order chi connectivity index (χ1) is 5.24. The van der Waals surface area contributed by atoms with Gasteiger partial charge in [-0.05, 0) is 12.1 Å². The molecule has 11 heavy (non-hydrogen) atoms. The lowest BCUT2D eigenvalue weighted by Crippen LogP contribution is -2.01. The molecule has 2 N–H and O–H groups in total. The SMILES string of the molecule is Nc1ccc(C(=O)CS)cn1. The number of carbonyl (C=O) groups is 1. The fourth-order valence-electron chi connectivity index (χ4n) is 0.662. The summed E-state index contributed by atoms with van der Waals surface area (Å²) in [5.41, 5.74) is 5.88. The lowest BCUT2D eigenvalue weighted by Gasteiger charge is -1.95. The second kappa shape index (κ2) is 3.39. The van der Waals surface area contributed by atoms with Crippen LogP contribution in [0.3, 0.4) is 0 Å². The fourth-order valence-corrected chi connectivity index (χ4v) is 0.844. The van der Waals surface area contributed by atoms with Gasteiger partial charge in [-0.1, -0.05) is 0 Å². The topological polar surface area (TPSA) is 56.0 Å². The van der Waals surface area contributed by atoms with E-state index in [4.69, 9.17) is 5.73 Å². The number of hydrogen-bond donors (Lipinski definition) is 2. The van der Waals surface area contributed by atoms with Crippen LogP contribution in [0.15, 0.2) is 18.3 Å². The van der Waals surface area contributed by atoms with Crippen molar-refractivity contribution in [3.8, 4) is 0 Å². The van der Waals surface area contributed by atoms with Crippen molar-refractivity contribution in [2.45, 2.75) is 0 Å². The van der Waals surface area contributed by atoms with E-state index in [1.165, 1.54) is 6.20 Å². The van der Waals surface area contributed by atoms with Crippen LogP contribution >= 0.6 is 12.6 Å². The highest BCUT2D eigenvalue weighted by molar-refractivity contribution is 7.81. The summed E-state index contributed by atoms with van der Waals surface area (Å²) in [4.78, 5) is 14.7. The summed E-state index contributed by atoms with van der Waals surface area (Å²) in [6.45, 7) is 0. The number of ketones is 1. The number of Topliss-reactive ketones (excluding diaryl/α,β-unsaturated/α-hetero) is 1. The number of nitrogens with zero attached hydrogens (tertiary/aromatic N) is 1. The van der Waals surface area contributed by atoms with E-state index in [0.29, 0.717) is 11.4 Å². The highest BCUT2D eigenvalue weighted by Gasteiger charge is 2.01. The fraction of sp³-hybridized carbons (Fsp3) is 0.143. The van der Waals surface area contributed by atoms with Gasteiger partial charge in [-0.15, -0.1) is 0 Å². The molecular weight excluding hydrogens is 160 g/mol. The van der Waals surface area contributed by atoms with Gasteiger partial charge in [0, 0.05) is 11.8 Å². The Morgan fingerprint density at radius 1 is 1.64 bits per heavy atom. The van der Waals surface area contributed by atoms with Crippen LogP contribution in [0.4, 0.5) is 5.82 Å². The van der Waals surface area contributed by atoms with E-state index >= 15 is 0 Å². The van der Waals surface area contributed by atoms with Crippen LogP contribution in [-0.2, 0) is 0 Å². The Morgan fingerprint density at radius 3 is 2.82 bits per heavy atom. The van der Waals surface area contributed by atoms with Gasteiger partial charge in [0.25, 0.3) is 0 Å². The van der Waals surface area contributed by atoms with Crippen LogP contribution in [0, 0.1) is 0 Å². The minimum Gasteiger partial charge on any atom is -0.384 e. The number of pyridine rings is 1. The third-order valence-corrected chi connectivity index (χ3v) is 1.54. The number of nitrogens with two attached hydrogens (primary N) is 1. The first kappa shape index (κ1) is 8.07. The third kappa shape index (κ3) is 1.94. The van der Waals surface area contributed by atoms with Crippen molar-refractivity contribution in [1.82, 2.24) is 4.98 Å². The van der Waals surface area contributed by atoms with Crippen molar-refractivity contribution < 1.29 is 4.79 Å². The first-order valence-corrected chi connectivity index (χ1v) is 3.73. The first-order valence-electron chi connectivity index (χ1n) is 3.09. The maximum atomic E-state index is 11.0. The zero-order valence-corrected chi connectivity index (χ0v) is 6.71. The van der Waals surface area contributed by atoms with E-state index in [-0.39, 0.29) is 11.5 Å². The van der Waals surface area contributed by atoms with Crippen LogP contribution in [0.5, 0.6) is 0 Å². The molecule has 0 saturated heterocycles. The largest absolute Gasteiger partial charge is 0.384 e. The molecule has 1 aromatic heterocycles. The molecule has 0 saturated carbocycles. The van der Waals surface area contributed by atoms with Crippen molar-refractivity contribution in [3.63, 3.8) is 0 Å². The molecule has 0 radical (unpaired) electrons. The van der Waals surface area contributed by atoms with Gasteiger partial charge in [0.05, 0.1) is 5.75 Å². The summed E-state index contributed by atoms with van der Waals surface area (Å²) in [7, 11) is 0. The Morgan fingerprint density at radius 2 is 2.36 bits per heavy atom. The normalized spacial score (nSPS) is 9.55. The molecule has 0 fully saturated rings. The molecule has 0 unspecified atom stereocenters. The molecule has 0 aromatic carbocycles. The second-order valence-electron chi connectivity index (χ2n) is 2.05. The summed E-state index contributed by atoms with van der Waals surface area (Å²) in [5, 5.41) is 0. The summed E-state index contributed by atoms with van der Waals surface area (Å²) in [5.74, 6) is 0.576. The number of thiol groups is 1. The van der Waals surface area contributed by atoms with E-state index < -0.39 is 0 Å². The number of carbonyl (C=O) groups excluding carboxylic acids is 1. The number of rotatable bonds is 2. The van der Waals surface area contributed by atoms with E-state index in [1.54, 1.807) is 12.1 Å². The van der Waals surface area contributed by atoms with Crippen molar-refractivity contribution in [1.29, 1.82) is 0 Å². The second-order valence-corrected chi connectivity index (χ2v) is 2.37. The van der Waals surface area contributed by atoms with Crippen molar-refractivity contribution in [2.75, 3.05) is 11.5 Å². The average molecular weight is 168 g/mol. The van der Waals surface area contributed by atoms with Crippen molar-refractivity contribution in [2.24, 2.45) is 0 Å². The predicted molar refractivity (Wildman–Crippen MR) is 46.8 cm³/mol. The lowest BCUT2D eigenvalue weighted by molar-refractivity contribution is 0.102. The highest BCUT2D eigenvalue weighted by Crippen LogP contribution is 2.02. The summed E-state index contributed by atoms with van der Waals surface area (Å²) in [6, 6.07) is 3.23. The smallest absolute Gasteiger partial charge is 0.174 e. The molecule has 0 bridgehead atoms. The maximum absolute atomic E-state index is 11.0. The molecular formula is C7H8N2OS. The number of aromatic nitrogens is 1. The van der Waals surface area contributed by atoms with E-state index in [0.717, 1.165) is 0 Å². The molecule has 0 aliphatic carbocycles. The van der Waals surface area contributed by atoms with Crippen molar-refractivity contribution >= 4 is 24.2 Å². The van der Waals surface area contributed by atoms with Crippen LogP contribution in [0.1, 0.15) is 10.4 Å². The number of nitrogen functional groups attached to an aromatic ring is 1. The molecule has 1 aromatic rings. The molecule has 0 aliphatic rings. The molecule has 0 atom stereocenters.